The van der Waals surface area contributed by atoms with Gasteiger partial charge in [0.15, 0.2) is 0 Å². The Morgan fingerprint density at radius 3 is 1.33 bits per heavy atom. The van der Waals surface area contributed by atoms with Gasteiger partial charge in [-0.05, 0) is 0 Å². The van der Waals surface area contributed by atoms with Crippen LogP contribution in [0.1, 0.15) is 0 Å². The summed E-state index contributed by atoms with van der Waals surface area (Å²) in [6.07, 6.45) is 10.0. The Hall–Kier alpha value is -0.0135. The van der Waals surface area contributed by atoms with Crippen LogP contribution in [0.15, 0.2) is 24.3 Å². The SMILES string of the molecule is [CH]1C=CC=C1.[Co]. The van der Waals surface area contributed by atoms with Gasteiger partial charge in [-0.25, -0.2) is 0 Å². The van der Waals surface area contributed by atoms with E-state index < -0.39 is 0 Å². The molecule has 0 aromatic carbocycles. The zero-order valence-electron chi connectivity index (χ0n) is 3.22. The third kappa shape index (κ3) is 1.43. The van der Waals surface area contributed by atoms with Crippen LogP contribution in [0.4, 0.5) is 0 Å². The summed E-state index contributed by atoms with van der Waals surface area (Å²) in [5.41, 5.74) is 0. The molecule has 0 saturated carbocycles. The van der Waals surface area contributed by atoms with E-state index in [1.165, 1.54) is 0 Å². The molecular weight excluding hydrogens is 119 g/mol. The molecule has 0 fully saturated rings. The molecule has 1 aliphatic rings. The summed E-state index contributed by atoms with van der Waals surface area (Å²) in [5.74, 6) is 0. The molecule has 0 atom stereocenters. The van der Waals surface area contributed by atoms with Crippen LogP contribution in [0.5, 0.6) is 0 Å². The molecule has 0 aromatic heterocycles. The average Bonchev–Trinajstić information content (AvgIpc) is 1.76. The fraction of sp³-hybridized carbons (Fsp3) is 0. The average molecular weight is 124 g/mol. The van der Waals surface area contributed by atoms with E-state index >= 15 is 0 Å². The van der Waals surface area contributed by atoms with Crippen LogP contribution in [0.2, 0.25) is 0 Å². The molecule has 2 radical (unpaired) electrons. The first-order valence-electron chi connectivity index (χ1n) is 1.67. The van der Waals surface area contributed by atoms with Gasteiger partial charge in [0.05, 0.1) is 0 Å². The Balaban J connectivity index is 0.000000250. The van der Waals surface area contributed by atoms with Crippen molar-refractivity contribution in [3.8, 4) is 0 Å². The standard InChI is InChI=1S/C5H5.Co/c1-2-4-5-3-1;/h1-5H;. The second-order valence-corrected chi connectivity index (χ2v) is 0.962. The third-order valence-electron chi connectivity index (χ3n) is 0.556. The van der Waals surface area contributed by atoms with Gasteiger partial charge in [0.1, 0.15) is 0 Å². The maximum atomic E-state index is 2.00. The molecule has 0 aliphatic heterocycles. The predicted molar refractivity (Wildman–Crippen MR) is 22.6 cm³/mol. The largest absolute Gasteiger partial charge is 0.0767 e. The predicted octanol–water partition coefficient (Wildman–Crippen LogP) is 1.31. The van der Waals surface area contributed by atoms with Crippen LogP contribution in [0.3, 0.4) is 0 Å². The molecule has 0 nitrogen and oxygen atoms in total. The first-order valence-corrected chi connectivity index (χ1v) is 1.67. The van der Waals surface area contributed by atoms with E-state index in [0.717, 1.165) is 0 Å². The van der Waals surface area contributed by atoms with Crippen molar-refractivity contribution in [2.75, 3.05) is 0 Å². The van der Waals surface area contributed by atoms with Crippen LogP contribution in [-0.2, 0) is 16.8 Å². The minimum Gasteiger partial charge on any atom is -0.0767 e. The van der Waals surface area contributed by atoms with E-state index in [2.05, 4.69) is 0 Å². The van der Waals surface area contributed by atoms with Gasteiger partial charge in [-0.3, -0.25) is 0 Å². The van der Waals surface area contributed by atoms with Gasteiger partial charge < -0.3 is 0 Å². The van der Waals surface area contributed by atoms with Crippen molar-refractivity contribution in [1.82, 2.24) is 0 Å². The summed E-state index contributed by atoms with van der Waals surface area (Å²) in [5, 5.41) is 0. The van der Waals surface area contributed by atoms with Gasteiger partial charge >= 0.3 is 0 Å². The normalized spacial score (nSPS) is 14.7. The maximum absolute atomic E-state index is 2.00. The summed E-state index contributed by atoms with van der Waals surface area (Å²) >= 11 is 0. The van der Waals surface area contributed by atoms with E-state index in [1.807, 2.05) is 30.7 Å². The molecule has 0 spiro atoms. The molecule has 0 N–H and O–H groups in total. The molecule has 0 heterocycles. The van der Waals surface area contributed by atoms with Gasteiger partial charge in [0.25, 0.3) is 0 Å². The summed E-state index contributed by atoms with van der Waals surface area (Å²) < 4.78 is 0. The van der Waals surface area contributed by atoms with E-state index in [9.17, 15) is 0 Å². The minimum absolute atomic E-state index is 0. The first-order chi connectivity index (χ1) is 2.50. The molecule has 0 amide bonds. The second-order valence-electron chi connectivity index (χ2n) is 0.962. The van der Waals surface area contributed by atoms with Crippen molar-refractivity contribution in [2.24, 2.45) is 0 Å². The first kappa shape index (κ1) is 5.99. The Bertz CT molecular complexity index is 62.0. The molecule has 1 heteroatoms. The molecule has 0 saturated heterocycles. The van der Waals surface area contributed by atoms with Crippen molar-refractivity contribution in [2.45, 2.75) is 0 Å². The van der Waals surface area contributed by atoms with E-state index in [0.29, 0.717) is 0 Å². The number of hydrogen-bond donors (Lipinski definition) is 0. The fourth-order valence-electron chi connectivity index (χ4n) is 0.321. The van der Waals surface area contributed by atoms with E-state index in [1.54, 1.807) is 0 Å². The zero-order valence-corrected chi connectivity index (χ0v) is 4.26. The molecule has 1 aliphatic carbocycles. The van der Waals surface area contributed by atoms with Crippen molar-refractivity contribution in [1.29, 1.82) is 0 Å². The molecule has 34 valence electrons. The molecule has 1 rings (SSSR count). The number of hydrogen-bond acceptors (Lipinski definition) is 0. The topological polar surface area (TPSA) is 0 Å². The Morgan fingerprint density at radius 1 is 0.667 bits per heavy atom. The van der Waals surface area contributed by atoms with Crippen molar-refractivity contribution >= 4 is 0 Å². The Kier molecular flexibility index (Phi) is 3.18. The molecule has 0 unspecified atom stereocenters. The Morgan fingerprint density at radius 2 is 1.17 bits per heavy atom. The number of rotatable bonds is 0. The molecule has 6 heavy (non-hydrogen) atoms. The second kappa shape index (κ2) is 3.19. The van der Waals surface area contributed by atoms with Crippen LogP contribution in [0.25, 0.3) is 0 Å². The van der Waals surface area contributed by atoms with E-state index in [4.69, 9.17) is 0 Å². The molecule has 0 aromatic rings. The fourth-order valence-corrected chi connectivity index (χ4v) is 0.321. The van der Waals surface area contributed by atoms with Gasteiger partial charge in [-0.15, -0.1) is 0 Å². The summed E-state index contributed by atoms with van der Waals surface area (Å²) in [7, 11) is 0. The van der Waals surface area contributed by atoms with Gasteiger partial charge in [0, 0.05) is 23.2 Å². The van der Waals surface area contributed by atoms with Gasteiger partial charge in [-0.1, -0.05) is 24.3 Å². The van der Waals surface area contributed by atoms with Crippen LogP contribution >= 0.6 is 0 Å². The minimum atomic E-state index is 0. The van der Waals surface area contributed by atoms with Crippen molar-refractivity contribution < 1.29 is 16.8 Å². The quantitative estimate of drug-likeness (QED) is 0.456. The number of allylic oxidation sites excluding steroid dienone is 4. The van der Waals surface area contributed by atoms with Crippen LogP contribution in [0, 0.1) is 6.42 Å². The summed E-state index contributed by atoms with van der Waals surface area (Å²) in [6.45, 7) is 0. The smallest absolute Gasteiger partial charge is 0.00506 e. The monoisotopic (exact) mass is 124 g/mol. The third-order valence-corrected chi connectivity index (χ3v) is 0.556. The zero-order chi connectivity index (χ0) is 3.54. The maximum Gasteiger partial charge on any atom is 0.00506 e. The van der Waals surface area contributed by atoms with Gasteiger partial charge in [0.2, 0.25) is 0 Å². The van der Waals surface area contributed by atoms with E-state index in [-0.39, 0.29) is 16.8 Å². The van der Waals surface area contributed by atoms with Crippen LogP contribution in [-0.4, -0.2) is 0 Å². The summed E-state index contributed by atoms with van der Waals surface area (Å²) in [4.78, 5) is 0. The molecular formula is C5H5Co. The van der Waals surface area contributed by atoms with Gasteiger partial charge in [-0.2, -0.15) is 0 Å². The molecule has 0 bridgehead atoms. The van der Waals surface area contributed by atoms with Crippen molar-refractivity contribution in [3.05, 3.63) is 30.7 Å². The van der Waals surface area contributed by atoms with Crippen molar-refractivity contribution in [3.63, 3.8) is 0 Å². The Labute approximate surface area is 48.1 Å². The van der Waals surface area contributed by atoms with Crippen LogP contribution < -0.4 is 0 Å². The summed E-state index contributed by atoms with van der Waals surface area (Å²) in [6, 6.07) is 0.